The first-order valence-electron chi connectivity index (χ1n) is 5.44. The third kappa shape index (κ3) is 3.43. The van der Waals surface area contributed by atoms with Crippen molar-refractivity contribution in [2.45, 2.75) is 19.3 Å². The molecule has 0 aliphatic carbocycles. The van der Waals surface area contributed by atoms with Crippen molar-refractivity contribution in [3.8, 4) is 5.75 Å². The highest BCUT2D eigenvalue weighted by molar-refractivity contribution is 7.82. The summed E-state index contributed by atoms with van der Waals surface area (Å²) in [5.41, 5.74) is 0.331. The maximum atomic E-state index is 12.1. The van der Waals surface area contributed by atoms with Crippen molar-refractivity contribution in [2.24, 2.45) is 0 Å². The molecule has 0 bridgehead atoms. The van der Waals surface area contributed by atoms with Gasteiger partial charge < -0.3 is 9.64 Å². The molecule has 3 nitrogen and oxygen atoms in total. The SMILES string of the molecule is CN(C)C(=O)C(C)(C)c1ccc(OC(=S)Cl)cc1. The van der Waals surface area contributed by atoms with E-state index in [1.165, 1.54) is 0 Å². The summed E-state index contributed by atoms with van der Waals surface area (Å²) in [6.45, 7) is 3.77. The fourth-order valence-corrected chi connectivity index (χ4v) is 1.90. The molecule has 0 heterocycles. The lowest BCUT2D eigenvalue weighted by atomic mass is 9.83. The lowest BCUT2D eigenvalue weighted by Crippen LogP contribution is -2.39. The van der Waals surface area contributed by atoms with E-state index in [0.717, 1.165) is 5.56 Å². The number of nitrogens with zero attached hydrogens (tertiary/aromatic N) is 1. The Balaban J connectivity index is 2.97. The van der Waals surface area contributed by atoms with Gasteiger partial charge in [0.25, 0.3) is 4.51 Å². The van der Waals surface area contributed by atoms with Gasteiger partial charge in [0, 0.05) is 14.1 Å². The number of ether oxygens (including phenoxy) is 1. The summed E-state index contributed by atoms with van der Waals surface area (Å²) in [6.07, 6.45) is 0. The number of hydrogen-bond donors (Lipinski definition) is 0. The Morgan fingerprint density at radius 1 is 1.28 bits per heavy atom. The molecule has 0 aliphatic heterocycles. The van der Waals surface area contributed by atoms with Gasteiger partial charge in [-0.2, -0.15) is 0 Å². The van der Waals surface area contributed by atoms with Crippen molar-refractivity contribution in [3.05, 3.63) is 29.8 Å². The molecule has 18 heavy (non-hydrogen) atoms. The minimum absolute atomic E-state index is 0.0454. The Kier molecular flexibility index (Phi) is 4.71. The molecule has 0 atom stereocenters. The molecule has 0 aliphatic rings. The highest BCUT2D eigenvalue weighted by atomic mass is 35.5. The molecule has 1 amide bonds. The van der Waals surface area contributed by atoms with Gasteiger partial charge >= 0.3 is 0 Å². The smallest absolute Gasteiger partial charge is 0.260 e. The molecule has 1 rings (SSSR count). The normalized spacial score (nSPS) is 10.9. The summed E-state index contributed by atoms with van der Waals surface area (Å²) >= 11 is 10.1. The van der Waals surface area contributed by atoms with Crippen LogP contribution >= 0.6 is 23.8 Å². The largest absolute Gasteiger partial charge is 0.436 e. The van der Waals surface area contributed by atoms with Crippen molar-refractivity contribution in [2.75, 3.05) is 14.1 Å². The van der Waals surface area contributed by atoms with E-state index in [4.69, 9.17) is 16.3 Å². The second-order valence-electron chi connectivity index (χ2n) is 4.69. The van der Waals surface area contributed by atoms with E-state index in [1.54, 1.807) is 31.1 Å². The predicted molar refractivity (Wildman–Crippen MR) is 77.2 cm³/mol. The molecule has 5 heteroatoms. The molecule has 0 N–H and O–H groups in total. The van der Waals surface area contributed by atoms with Gasteiger partial charge in [-0.05, 0) is 55.4 Å². The van der Waals surface area contributed by atoms with Crippen molar-refractivity contribution in [1.29, 1.82) is 0 Å². The second-order valence-corrected chi connectivity index (χ2v) is 5.63. The topological polar surface area (TPSA) is 29.5 Å². The molecule has 0 saturated carbocycles. The maximum Gasteiger partial charge on any atom is 0.260 e. The van der Waals surface area contributed by atoms with E-state index in [2.05, 4.69) is 12.2 Å². The standard InChI is InChI=1S/C13H16ClNO2S/c1-13(2,11(16)15(3)4)9-5-7-10(8-6-9)17-12(14)18/h5-8H,1-4H3. The summed E-state index contributed by atoms with van der Waals surface area (Å²) in [5, 5.41) is 0. The summed E-state index contributed by atoms with van der Waals surface area (Å²) < 4.78 is 5.04. The first-order valence-corrected chi connectivity index (χ1v) is 6.23. The van der Waals surface area contributed by atoms with Gasteiger partial charge in [0.15, 0.2) is 0 Å². The van der Waals surface area contributed by atoms with Crippen LogP contribution in [0.2, 0.25) is 0 Å². The third-order valence-electron chi connectivity index (χ3n) is 2.71. The van der Waals surface area contributed by atoms with Gasteiger partial charge in [0.2, 0.25) is 5.91 Å². The van der Waals surface area contributed by atoms with E-state index in [-0.39, 0.29) is 10.4 Å². The first kappa shape index (κ1) is 14.9. The average molecular weight is 286 g/mol. The highest BCUT2D eigenvalue weighted by Gasteiger charge is 2.30. The fourth-order valence-electron chi connectivity index (χ4n) is 1.71. The molecule has 0 fully saturated rings. The lowest BCUT2D eigenvalue weighted by Gasteiger charge is -2.27. The van der Waals surface area contributed by atoms with Crippen LogP contribution in [0, 0.1) is 0 Å². The van der Waals surface area contributed by atoms with Crippen LogP contribution in [0.15, 0.2) is 24.3 Å². The van der Waals surface area contributed by atoms with Crippen molar-refractivity contribution < 1.29 is 9.53 Å². The van der Waals surface area contributed by atoms with Gasteiger partial charge in [-0.15, -0.1) is 0 Å². The lowest BCUT2D eigenvalue weighted by molar-refractivity contribution is -0.133. The van der Waals surface area contributed by atoms with Crippen LogP contribution in [0.3, 0.4) is 0 Å². The Hall–Kier alpha value is -1.13. The van der Waals surface area contributed by atoms with Gasteiger partial charge in [-0.25, -0.2) is 0 Å². The second kappa shape index (κ2) is 5.67. The van der Waals surface area contributed by atoms with E-state index >= 15 is 0 Å². The number of hydrogen-bond acceptors (Lipinski definition) is 3. The van der Waals surface area contributed by atoms with Crippen molar-refractivity contribution in [1.82, 2.24) is 4.90 Å². The summed E-state index contributed by atoms with van der Waals surface area (Å²) in [6, 6.07) is 7.17. The van der Waals surface area contributed by atoms with Crippen LogP contribution < -0.4 is 4.74 Å². The quantitative estimate of drug-likeness (QED) is 0.632. The monoisotopic (exact) mass is 285 g/mol. The van der Waals surface area contributed by atoms with E-state index in [9.17, 15) is 4.79 Å². The minimum atomic E-state index is -0.580. The molecule has 98 valence electrons. The number of rotatable bonds is 3. The molecule has 0 spiro atoms. The number of benzene rings is 1. The highest BCUT2D eigenvalue weighted by Crippen LogP contribution is 2.27. The molecular weight excluding hydrogens is 270 g/mol. The predicted octanol–water partition coefficient (Wildman–Crippen LogP) is 2.95. The van der Waals surface area contributed by atoms with E-state index in [0.29, 0.717) is 5.75 Å². The number of amides is 1. The van der Waals surface area contributed by atoms with Gasteiger partial charge in [0.05, 0.1) is 5.41 Å². The summed E-state index contributed by atoms with van der Waals surface area (Å²) in [4.78, 5) is 13.7. The number of halogens is 1. The van der Waals surface area contributed by atoms with Crippen LogP contribution in [0.4, 0.5) is 0 Å². The van der Waals surface area contributed by atoms with Gasteiger partial charge in [-0.3, -0.25) is 4.79 Å². The van der Waals surface area contributed by atoms with Crippen molar-refractivity contribution >= 4 is 34.2 Å². The molecule has 1 aromatic rings. The summed E-state index contributed by atoms with van der Waals surface area (Å²) in [7, 11) is 3.49. The summed E-state index contributed by atoms with van der Waals surface area (Å²) in [5.74, 6) is 0.607. The number of carbonyl (C=O) groups excluding carboxylic acids is 1. The van der Waals surface area contributed by atoms with Crippen LogP contribution in [-0.2, 0) is 10.2 Å². The molecular formula is C13H16ClNO2S. The molecule has 1 aromatic carbocycles. The minimum Gasteiger partial charge on any atom is -0.436 e. The molecule has 0 unspecified atom stereocenters. The van der Waals surface area contributed by atoms with Crippen LogP contribution in [0.25, 0.3) is 0 Å². The average Bonchev–Trinajstić information content (AvgIpc) is 2.27. The zero-order valence-electron chi connectivity index (χ0n) is 10.9. The Morgan fingerprint density at radius 3 is 2.17 bits per heavy atom. The number of thiocarbonyl (C=S) groups is 1. The number of likely N-dealkylation sites (N-methyl/N-ethyl adjacent to an activating group) is 1. The third-order valence-corrected chi connectivity index (χ3v) is 2.88. The zero-order valence-corrected chi connectivity index (χ0v) is 12.4. The van der Waals surface area contributed by atoms with Gasteiger partial charge in [-0.1, -0.05) is 12.1 Å². The van der Waals surface area contributed by atoms with Gasteiger partial charge in [0.1, 0.15) is 5.75 Å². The zero-order chi connectivity index (χ0) is 13.9. The number of carbonyl (C=O) groups is 1. The van der Waals surface area contributed by atoms with Crippen LogP contribution in [0.1, 0.15) is 19.4 Å². The first-order chi connectivity index (χ1) is 8.25. The Bertz CT molecular complexity index is 455. The molecule has 0 radical (unpaired) electrons. The fraction of sp³-hybridized carbons (Fsp3) is 0.385. The Morgan fingerprint density at radius 2 is 1.78 bits per heavy atom. The maximum absolute atomic E-state index is 12.1. The van der Waals surface area contributed by atoms with Crippen molar-refractivity contribution in [3.63, 3.8) is 0 Å². The van der Waals surface area contributed by atoms with Crippen LogP contribution in [-0.4, -0.2) is 29.4 Å². The molecule has 0 aromatic heterocycles. The molecule has 0 saturated heterocycles. The van der Waals surface area contributed by atoms with E-state index < -0.39 is 5.41 Å². The Labute approximate surface area is 118 Å². The van der Waals surface area contributed by atoms with E-state index in [1.807, 2.05) is 26.0 Å². The van der Waals surface area contributed by atoms with Crippen LogP contribution in [0.5, 0.6) is 5.75 Å².